The molecule has 2 saturated heterocycles. The summed E-state index contributed by atoms with van der Waals surface area (Å²) in [7, 11) is 0. The Bertz CT molecular complexity index is 1320. The first-order valence-corrected chi connectivity index (χ1v) is 16.8. The Balaban J connectivity index is 0.967. The second-order valence-electron chi connectivity index (χ2n) is 13.4. The van der Waals surface area contributed by atoms with E-state index in [1.807, 2.05) is 0 Å². The highest BCUT2D eigenvalue weighted by Crippen LogP contribution is 2.61. The number of aromatic nitrogens is 2. The summed E-state index contributed by atoms with van der Waals surface area (Å²) in [5.74, 6) is -0.438. The van der Waals surface area contributed by atoms with Crippen molar-refractivity contribution in [3.8, 4) is 5.75 Å². The normalized spacial score (nSPS) is 21.7. The summed E-state index contributed by atoms with van der Waals surface area (Å²) in [6.07, 6.45) is 3.16. The van der Waals surface area contributed by atoms with Gasteiger partial charge in [0.2, 0.25) is 11.9 Å². The van der Waals surface area contributed by atoms with Crippen molar-refractivity contribution < 1.29 is 43.8 Å². The van der Waals surface area contributed by atoms with E-state index in [-0.39, 0.29) is 29.6 Å². The van der Waals surface area contributed by atoms with E-state index in [0.717, 1.165) is 50.9 Å². The topological polar surface area (TPSA) is 160 Å². The molecule has 1 aromatic heterocycles. The summed E-state index contributed by atoms with van der Waals surface area (Å²) in [6.45, 7) is 2.27. The van der Waals surface area contributed by atoms with E-state index in [4.69, 9.17) is 21.4 Å². The lowest BCUT2D eigenvalue weighted by Crippen LogP contribution is -2.50. The van der Waals surface area contributed by atoms with Crippen LogP contribution in [0.3, 0.4) is 0 Å². The van der Waals surface area contributed by atoms with Gasteiger partial charge in [-0.2, -0.15) is 0 Å². The lowest BCUT2D eigenvalue weighted by molar-refractivity contribution is -0.137. The monoisotopic (exact) mass is 682 g/mol. The third kappa shape index (κ3) is 8.87. The van der Waals surface area contributed by atoms with Crippen LogP contribution in [0.2, 0.25) is 5.02 Å². The third-order valence-electron chi connectivity index (χ3n) is 10.2. The number of aliphatic hydroxyl groups is 5. The maximum absolute atomic E-state index is 14.8. The van der Waals surface area contributed by atoms with Crippen LogP contribution in [0.15, 0.2) is 24.5 Å². The predicted octanol–water partition coefficient (Wildman–Crippen LogP) is 2.48. The van der Waals surface area contributed by atoms with Crippen molar-refractivity contribution in [2.24, 2.45) is 17.3 Å². The molecule has 5 N–H and O–H groups in total. The predicted molar refractivity (Wildman–Crippen MR) is 169 cm³/mol. The molecule has 2 aromatic rings. The maximum Gasteiger partial charge on any atom is 0.227 e. The molecular formula is C33H45ClF2N4O7. The van der Waals surface area contributed by atoms with E-state index in [1.165, 1.54) is 11.3 Å². The van der Waals surface area contributed by atoms with Crippen molar-refractivity contribution in [2.75, 3.05) is 44.3 Å². The van der Waals surface area contributed by atoms with Crippen molar-refractivity contribution in [2.45, 2.75) is 82.2 Å². The van der Waals surface area contributed by atoms with Crippen molar-refractivity contribution in [1.29, 1.82) is 0 Å². The number of carbonyl (C=O) groups is 1. The lowest BCUT2D eigenvalue weighted by atomic mass is 9.90. The molecule has 1 amide bonds. The van der Waals surface area contributed by atoms with Gasteiger partial charge in [0, 0.05) is 43.9 Å². The van der Waals surface area contributed by atoms with Gasteiger partial charge in [0.05, 0.1) is 43.2 Å². The highest BCUT2D eigenvalue weighted by Gasteiger charge is 2.54. The van der Waals surface area contributed by atoms with Crippen LogP contribution in [0.1, 0.15) is 56.9 Å². The molecule has 5 rings (SSSR count). The number of ether oxygens (including phenoxy) is 1. The third-order valence-corrected chi connectivity index (χ3v) is 10.4. The highest BCUT2D eigenvalue weighted by atomic mass is 35.5. The average molecular weight is 683 g/mol. The van der Waals surface area contributed by atoms with Gasteiger partial charge in [-0.3, -0.25) is 4.79 Å². The van der Waals surface area contributed by atoms with Crippen LogP contribution in [-0.4, -0.2) is 110 Å². The van der Waals surface area contributed by atoms with Crippen LogP contribution < -0.4 is 9.64 Å². The summed E-state index contributed by atoms with van der Waals surface area (Å²) in [5.41, 5.74) is 0.0657. The number of aliphatic hydroxyl groups excluding tert-OH is 5. The number of anilines is 1. The van der Waals surface area contributed by atoms with E-state index < -0.39 is 49.1 Å². The zero-order valence-electron chi connectivity index (χ0n) is 26.4. The van der Waals surface area contributed by atoms with E-state index in [2.05, 4.69) is 14.9 Å². The summed E-state index contributed by atoms with van der Waals surface area (Å²) in [5, 5.41) is 48.4. The molecule has 0 radical (unpaired) electrons. The summed E-state index contributed by atoms with van der Waals surface area (Å²) < 4.78 is 35.3. The van der Waals surface area contributed by atoms with Crippen LogP contribution in [-0.2, 0) is 11.2 Å². The number of nitrogens with zero attached hydrogens (tertiary/aromatic N) is 4. The Morgan fingerprint density at radius 1 is 1.00 bits per heavy atom. The fraction of sp³-hybridized carbons (Fsp3) is 0.667. The first-order valence-electron chi connectivity index (χ1n) is 16.4. The largest absolute Gasteiger partial charge is 0.493 e. The van der Waals surface area contributed by atoms with Gasteiger partial charge in [0.1, 0.15) is 35.7 Å². The molecule has 3 heterocycles. The quantitative estimate of drug-likeness (QED) is 0.167. The standard InChI is InChI=1S/C33H45ClF2N4O7/c34-22-15-37-32(38-16-22)39-8-6-33(7-9-39)14-21(33)4-2-10-47-23-11-25(35)24(26(36)12-23)13-29(44)40-17-20(18-40)3-1-5-27(42)30(45)31(46)28(43)19-41/h11-12,15-16,20-21,27-28,30-31,41-43,45-46H,1-10,13-14,17-19H2/t21?,27-,28+,30+,31+/m0/s1. The molecule has 0 bridgehead atoms. The van der Waals surface area contributed by atoms with Crippen molar-refractivity contribution in [3.05, 3.63) is 46.7 Å². The van der Waals surface area contributed by atoms with Crippen molar-refractivity contribution >= 4 is 23.5 Å². The number of hydrogen-bond donors (Lipinski definition) is 5. The zero-order valence-corrected chi connectivity index (χ0v) is 27.1. The maximum atomic E-state index is 14.8. The molecule has 260 valence electrons. The Kier molecular flexibility index (Phi) is 11.9. The molecule has 1 aromatic carbocycles. The lowest BCUT2D eigenvalue weighted by Gasteiger charge is -2.39. The molecule has 3 aliphatic rings. The molecular weight excluding hydrogens is 638 g/mol. The fourth-order valence-corrected chi connectivity index (χ4v) is 7.09. The molecule has 5 atom stereocenters. The smallest absolute Gasteiger partial charge is 0.227 e. The van der Waals surface area contributed by atoms with Crippen LogP contribution >= 0.6 is 11.6 Å². The second-order valence-corrected chi connectivity index (χ2v) is 13.8. The minimum absolute atomic E-state index is 0.104. The van der Waals surface area contributed by atoms with Crippen LogP contribution in [0.25, 0.3) is 0 Å². The Hall–Kier alpha value is -2.68. The van der Waals surface area contributed by atoms with Crippen molar-refractivity contribution in [1.82, 2.24) is 14.9 Å². The van der Waals surface area contributed by atoms with Gasteiger partial charge in [0.15, 0.2) is 0 Å². The first kappa shape index (κ1) is 35.6. The van der Waals surface area contributed by atoms with E-state index in [9.17, 15) is 34.0 Å². The fourth-order valence-electron chi connectivity index (χ4n) is 6.99. The molecule has 1 unspecified atom stereocenters. The van der Waals surface area contributed by atoms with E-state index >= 15 is 0 Å². The molecule has 3 fully saturated rings. The van der Waals surface area contributed by atoms with Crippen LogP contribution in [0.5, 0.6) is 5.75 Å². The first-order chi connectivity index (χ1) is 22.5. The number of amides is 1. The van der Waals surface area contributed by atoms with Gasteiger partial charge in [-0.05, 0) is 62.2 Å². The molecule has 47 heavy (non-hydrogen) atoms. The van der Waals surface area contributed by atoms with Crippen molar-refractivity contribution in [3.63, 3.8) is 0 Å². The van der Waals surface area contributed by atoms with Gasteiger partial charge in [-0.15, -0.1) is 0 Å². The van der Waals surface area contributed by atoms with E-state index in [1.54, 1.807) is 12.4 Å². The number of likely N-dealkylation sites (tertiary alicyclic amines) is 1. The molecule has 14 heteroatoms. The number of hydrogen-bond acceptors (Lipinski definition) is 10. The van der Waals surface area contributed by atoms with Crippen LogP contribution in [0.4, 0.5) is 14.7 Å². The Morgan fingerprint density at radius 2 is 1.64 bits per heavy atom. The van der Waals surface area contributed by atoms with Gasteiger partial charge >= 0.3 is 0 Å². The summed E-state index contributed by atoms with van der Waals surface area (Å²) in [4.78, 5) is 25.0. The SMILES string of the molecule is O=C(Cc1c(F)cc(OCCCC2CC23CCN(c2ncc(Cl)cn2)CC3)cc1F)N1CC(CCC[C@H](O)[C@@H](O)[C@H](O)[C@H](O)CO)C1. The average Bonchev–Trinajstić information content (AvgIpc) is 3.72. The van der Waals surface area contributed by atoms with Gasteiger partial charge in [0.25, 0.3) is 0 Å². The molecule has 1 spiro atoms. The summed E-state index contributed by atoms with van der Waals surface area (Å²) >= 11 is 5.90. The van der Waals surface area contributed by atoms with Gasteiger partial charge < -0.3 is 40.1 Å². The molecule has 1 aliphatic carbocycles. The number of carbonyl (C=O) groups excluding carboxylic acids is 1. The number of rotatable bonds is 16. The minimum atomic E-state index is -1.67. The highest BCUT2D eigenvalue weighted by molar-refractivity contribution is 6.30. The van der Waals surface area contributed by atoms with Gasteiger partial charge in [-0.25, -0.2) is 18.7 Å². The Morgan fingerprint density at radius 3 is 2.28 bits per heavy atom. The van der Waals surface area contributed by atoms with Crippen LogP contribution in [0, 0.1) is 28.9 Å². The number of benzene rings is 1. The molecule has 11 nitrogen and oxygen atoms in total. The summed E-state index contributed by atoms with van der Waals surface area (Å²) in [6, 6.07) is 2.27. The van der Waals surface area contributed by atoms with Gasteiger partial charge in [-0.1, -0.05) is 18.0 Å². The zero-order chi connectivity index (χ0) is 33.7. The molecule has 1 saturated carbocycles. The molecule has 2 aliphatic heterocycles. The van der Waals surface area contributed by atoms with E-state index in [0.29, 0.717) is 54.8 Å². The number of halogens is 3. The number of piperidine rings is 1. The minimum Gasteiger partial charge on any atom is -0.493 e. The Labute approximate surface area is 278 Å². The second kappa shape index (κ2) is 15.7.